The molecule has 2 fully saturated rings. The number of fused-ring (bicyclic) bond motifs is 1. The van der Waals surface area contributed by atoms with Gasteiger partial charge >= 0.3 is 0 Å². The second-order valence-corrected chi connectivity index (χ2v) is 7.42. The molecule has 5 rings (SSSR count). The summed E-state index contributed by atoms with van der Waals surface area (Å²) in [5.41, 5.74) is 2.25. The van der Waals surface area contributed by atoms with Gasteiger partial charge in [-0.05, 0) is 19.9 Å². The van der Waals surface area contributed by atoms with Crippen LogP contribution in [0, 0.1) is 25.7 Å². The molecule has 5 heterocycles. The Hall–Kier alpha value is -3.03. The van der Waals surface area contributed by atoms with Gasteiger partial charge in [0.05, 0.1) is 12.4 Å². The average Bonchev–Trinajstić information content (AvgIpc) is 3.40. The standard InChI is InChI=1S/C19H22N8/c1-13-14(2)21-12-22-19(13)26-10-15-8-25(9-16(15)11-26)17-6-20-7-18(24-17)27-5-3-4-23-27/h3-7,12,15-16H,8-11H2,1-2H3. The molecule has 0 bridgehead atoms. The van der Waals surface area contributed by atoms with E-state index in [1.165, 1.54) is 5.56 Å². The molecule has 0 N–H and O–H groups in total. The van der Waals surface area contributed by atoms with Gasteiger partial charge < -0.3 is 9.80 Å². The first-order chi connectivity index (χ1) is 13.2. The van der Waals surface area contributed by atoms with E-state index in [-0.39, 0.29) is 0 Å². The third-order valence-electron chi connectivity index (χ3n) is 5.77. The Balaban J connectivity index is 1.32. The van der Waals surface area contributed by atoms with Gasteiger partial charge in [-0.2, -0.15) is 5.10 Å². The Kier molecular flexibility index (Phi) is 3.77. The fourth-order valence-electron chi connectivity index (χ4n) is 4.21. The van der Waals surface area contributed by atoms with E-state index in [0.717, 1.165) is 49.3 Å². The Morgan fingerprint density at radius 2 is 1.67 bits per heavy atom. The summed E-state index contributed by atoms with van der Waals surface area (Å²) in [5.74, 6) is 4.01. The highest BCUT2D eigenvalue weighted by molar-refractivity contribution is 5.50. The van der Waals surface area contributed by atoms with Crippen molar-refractivity contribution in [1.29, 1.82) is 0 Å². The quantitative estimate of drug-likeness (QED) is 0.701. The maximum absolute atomic E-state index is 4.76. The van der Waals surface area contributed by atoms with E-state index >= 15 is 0 Å². The molecule has 138 valence electrons. The topological polar surface area (TPSA) is 75.9 Å². The lowest BCUT2D eigenvalue weighted by Gasteiger charge is -2.24. The van der Waals surface area contributed by atoms with Gasteiger partial charge in [-0.15, -0.1) is 0 Å². The Morgan fingerprint density at radius 1 is 0.926 bits per heavy atom. The van der Waals surface area contributed by atoms with Crippen LogP contribution in [0.4, 0.5) is 11.6 Å². The summed E-state index contributed by atoms with van der Waals surface area (Å²) < 4.78 is 1.75. The second kappa shape index (κ2) is 6.29. The van der Waals surface area contributed by atoms with Crippen molar-refractivity contribution in [3.8, 4) is 5.82 Å². The SMILES string of the molecule is Cc1ncnc(N2CC3CN(c4cncc(-n5cccn5)n4)CC3C2)c1C. The molecule has 2 atom stereocenters. The largest absolute Gasteiger partial charge is 0.356 e. The van der Waals surface area contributed by atoms with Crippen LogP contribution in [-0.4, -0.2) is 55.9 Å². The van der Waals surface area contributed by atoms with Crippen LogP contribution in [-0.2, 0) is 0 Å². The van der Waals surface area contributed by atoms with Gasteiger partial charge in [0.2, 0.25) is 0 Å². The summed E-state index contributed by atoms with van der Waals surface area (Å²) in [6, 6.07) is 1.89. The normalized spacial score (nSPS) is 21.7. The van der Waals surface area contributed by atoms with Gasteiger partial charge in [-0.25, -0.2) is 19.6 Å². The molecule has 0 aliphatic carbocycles. The zero-order valence-electron chi connectivity index (χ0n) is 15.5. The smallest absolute Gasteiger partial charge is 0.173 e. The Morgan fingerprint density at radius 3 is 2.41 bits per heavy atom. The molecule has 27 heavy (non-hydrogen) atoms. The minimum Gasteiger partial charge on any atom is -0.356 e. The number of hydrogen-bond donors (Lipinski definition) is 0. The lowest BCUT2D eigenvalue weighted by atomic mass is 10.0. The predicted molar refractivity (Wildman–Crippen MR) is 102 cm³/mol. The lowest BCUT2D eigenvalue weighted by Crippen LogP contribution is -2.30. The Bertz CT molecular complexity index is 940. The summed E-state index contributed by atoms with van der Waals surface area (Å²) >= 11 is 0. The van der Waals surface area contributed by atoms with Crippen LogP contribution >= 0.6 is 0 Å². The van der Waals surface area contributed by atoms with Crippen molar-refractivity contribution in [3.63, 3.8) is 0 Å². The first-order valence-electron chi connectivity index (χ1n) is 9.29. The van der Waals surface area contributed by atoms with Gasteiger partial charge in [-0.1, -0.05) is 0 Å². The zero-order chi connectivity index (χ0) is 18.4. The van der Waals surface area contributed by atoms with Crippen LogP contribution in [0.15, 0.2) is 37.2 Å². The third-order valence-corrected chi connectivity index (χ3v) is 5.77. The number of aromatic nitrogens is 6. The average molecular weight is 362 g/mol. The van der Waals surface area contributed by atoms with Gasteiger partial charge in [0, 0.05) is 61.7 Å². The maximum Gasteiger partial charge on any atom is 0.173 e. The van der Waals surface area contributed by atoms with Crippen molar-refractivity contribution in [1.82, 2.24) is 29.7 Å². The second-order valence-electron chi connectivity index (χ2n) is 7.42. The minimum absolute atomic E-state index is 0.620. The van der Waals surface area contributed by atoms with E-state index < -0.39 is 0 Å². The summed E-state index contributed by atoms with van der Waals surface area (Å²) in [4.78, 5) is 22.7. The molecule has 0 radical (unpaired) electrons. The van der Waals surface area contributed by atoms with Crippen LogP contribution in [0.5, 0.6) is 0 Å². The molecule has 8 nitrogen and oxygen atoms in total. The van der Waals surface area contributed by atoms with Crippen molar-refractivity contribution < 1.29 is 0 Å². The molecule has 8 heteroatoms. The molecule has 2 saturated heterocycles. The fraction of sp³-hybridized carbons (Fsp3) is 0.421. The van der Waals surface area contributed by atoms with E-state index in [2.05, 4.69) is 36.8 Å². The lowest BCUT2D eigenvalue weighted by molar-refractivity contribution is 0.533. The number of nitrogens with zero attached hydrogens (tertiary/aromatic N) is 8. The molecule has 0 saturated carbocycles. The van der Waals surface area contributed by atoms with Gasteiger partial charge in [0.25, 0.3) is 0 Å². The van der Waals surface area contributed by atoms with Crippen LogP contribution in [0.2, 0.25) is 0 Å². The van der Waals surface area contributed by atoms with Crippen molar-refractivity contribution in [3.05, 3.63) is 48.4 Å². The van der Waals surface area contributed by atoms with Crippen molar-refractivity contribution in [2.75, 3.05) is 36.0 Å². The van der Waals surface area contributed by atoms with Crippen LogP contribution in [0.1, 0.15) is 11.3 Å². The number of aryl methyl sites for hydroxylation is 1. The Labute approximate surface area is 157 Å². The van der Waals surface area contributed by atoms with E-state index in [1.807, 2.05) is 25.4 Å². The minimum atomic E-state index is 0.620. The molecule has 0 spiro atoms. The van der Waals surface area contributed by atoms with Crippen molar-refractivity contribution >= 4 is 11.6 Å². The highest BCUT2D eigenvalue weighted by atomic mass is 15.3. The molecule has 3 aromatic heterocycles. The van der Waals surface area contributed by atoms with Gasteiger partial charge in [0.15, 0.2) is 5.82 Å². The first-order valence-corrected chi connectivity index (χ1v) is 9.29. The van der Waals surface area contributed by atoms with Crippen LogP contribution in [0.3, 0.4) is 0 Å². The molecule has 2 unspecified atom stereocenters. The van der Waals surface area contributed by atoms with E-state index in [0.29, 0.717) is 11.8 Å². The van der Waals surface area contributed by atoms with Gasteiger partial charge in [-0.3, -0.25) is 4.98 Å². The molecule has 2 aliphatic rings. The molecule has 3 aromatic rings. The van der Waals surface area contributed by atoms with Gasteiger partial charge in [0.1, 0.15) is 18.0 Å². The van der Waals surface area contributed by atoms with E-state index in [9.17, 15) is 0 Å². The third kappa shape index (κ3) is 2.81. The highest BCUT2D eigenvalue weighted by Gasteiger charge is 2.41. The maximum atomic E-state index is 4.76. The summed E-state index contributed by atoms with van der Waals surface area (Å²) in [6.07, 6.45) is 8.91. The zero-order valence-corrected chi connectivity index (χ0v) is 15.5. The predicted octanol–water partition coefficient (Wildman–Crippen LogP) is 1.64. The molecule has 0 amide bonds. The van der Waals surface area contributed by atoms with Crippen molar-refractivity contribution in [2.45, 2.75) is 13.8 Å². The molecular formula is C19H22N8. The number of hydrogen-bond acceptors (Lipinski definition) is 7. The van der Waals surface area contributed by atoms with Crippen LogP contribution < -0.4 is 9.80 Å². The fourth-order valence-corrected chi connectivity index (χ4v) is 4.21. The summed E-state index contributed by atoms with van der Waals surface area (Å²) in [6.45, 7) is 8.23. The van der Waals surface area contributed by atoms with Crippen LogP contribution in [0.25, 0.3) is 5.82 Å². The summed E-state index contributed by atoms with van der Waals surface area (Å²) in [5, 5.41) is 4.25. The molecular weight excluding hydrogens is 340 g/mol. The first kappa shape index (κ1) is 16.2. The number of anilines is 2. The highest BCUT2D eigenvalue weighted by Crippen LogP contribution is 2.36. The monoisotopic (exact) mass is 362 g/mol. The van der Waals surface area contributed by atoms with E-state index in [4.69, 9.17) is 4.98 Å². The van der Waals surface area contributed by atoms with Crippen molar-refractivity contribution in [2.24, 2.45) is 11.8 Å². The summed E-state index contributed by atoms with van der Waals surface area (Å²) in [7, 11) is 0. The molecule has 2 aliphatic heterocycles. The van der Waals surface area contributed by atoms with E-state index in [1.54, 1.807) is 23.4 Å². The number of rotatable bonds is 3. The molecule has 0 aromatic carbocycles.